The van der Waals surface area contributed by atoms with Crippen LogP contribution in [0.3, 0.4) is 0 Å². The second kappa shape index (κ2) is 4.13. The Kier molecular flexibility index (Phi) is 4.24. The van der Waals surface area contributed by atoms with Gasteiger partial charge in [0.05, 0.1) is 0 Å². The zero-order valence-electron chi connectivity index (χ0n) is 6.18. The van der Waals surface area contributed by atoms with Gasteiger partial charge in [-0.2, -0.15) is 0 Å². The van der Waals surface area contributed by atoms with Gasteiger partial charge >= 0.3 is 62.1 Å². The van der Waals surface area contributed by atoms with Gasteiger partial charge in [0.2, 0.25) is 0 Å². The van der Waals surface area contributed by atoms with Crippen molar-refractivity contribution in [1.82, 2.24) is 5.32 Å². The molecule has 0 radical (unpaired) electrons. The van der Waals surface area contributed by atoms with Crippen molar-refractivity contribution in [1.29, 1.82) is 0 Å². The first-order valence-electron chi connectivity index (χ1n) is 3.05. The summed E-state index contributed by atoms with van der Waals surface area (Å²) < 4.78 is 4.21. The summed E-state index contributed by atoms with van der Waals surface area (Å²) in [5.41, 5.74) is 0. The Balaban J connectivity index is 3.45. The van der Waals surface area contributed by atoms with E-state index in [9.17, 15) is 0 Å². The number of nitrogens with zero attached hydrogens (tertiary/aromatic N) is 1. The molecule has 0 aliphatic rings. The number of nitrogens with one attached hydrogen (secondary N) is 1. The summed E-state index contributed by atoms with van der Waals surface area (Å²) >= 11 is 4.33. The average Bonchev–Trinajstić information content (AvgIpc) is 1.63. The monoisotopic (exact) mass is 166 g/mol. The maximum atomic E-state index is 4.33. The molecule has 0 fully saturated rings. The summed E-state index contributed by atoms with van der Waals surface area (Å²) in [6.45, 7) is 5.63. The van der Waals surface area contributed by atoms with Gasteiger partial charge in [-0.25, -0.2) is 0 Å². The fourth-order valence-electron chi connectivity index (χ4n) is 0.295. The van der Waals surface area contributed by atoms with E-state index in [2.05, 4.69) is 35.7 Å². The predicted octanol–water partition coefficient (Wildman–Crippen LogP) is 1.39. The van der Waals surface area contributed by atoms with Gasteiger partial charge in [0, 0.05) is 0 Å². The van der Waals surface area contributed by atoms with Crippen LogP contribution in [0.15, 0.2) is 4.76 Å². The first-order chi connectivity index (χ1) is 4.06. The molecule has 0 aromatic carbocycles. The van der Waals surface area contributed by atoms with E-state index in [0.717, 1.165) is 6.54 Å². The zero-order chi connectivity index (χ0) is 7.33. The van der Waals surface area contributed by atoms with E-state index >= 15 is 0 Å². The molecule has 0 aliphatic carbocycles. The maximum absolute atomic E-state index is 4.33. The minimum absolute atomic E-state index is 0.932. The summed E-state index contributed by atoms with van der Waals surface area (Å²) in [4.78, 5) is 0. The van der Waals surface area contributed by atoms with Gasteiger partial charge in [-0.3, -0.25) is 0 Å². The molecule has 0 saturated carbocycles. The van der Waals surface area contributed by atoms with E-state index in [0.29, 0.717) is 0 Å². The molecular formula is C5H15N2PS. The molecule has 0 aromatic rings. The third-order valence-electron chi connectivity index (χ3n) is 0.676. The Labute approximate surface area is 62.7 Å². The molecule has 0 heterocycles. The van der Waals surface area contributed by atoms with Crippen LogP contribution in [0.5, 0.6) is 0 Å². The summed E-state index contributed by atoms with van der Waals surface area (Å²) in [6.07, 6.45) is 1.75. The molecule has 4 heteroatoms. The molecule has 0 spiro atoms. The summed E-state index contributed by atoms with van der Waals surface area (Å²) in [6, 6.07) is 0. The molecule has 0 unspecified atom stereocenters. The van der Waals surface area contributed by atoms with Gasteiger partial charge in [-0.05, 0) is 0 Å². The molecule has 0 bridgehead atoms. The third-order valence-corrected chi connectivity index (χ3v) is 1.78. The predicted molar refractivity (Wildman–Crippen MR) is 51.3 cm³/mol. The molecule has 56 valence electrons. The topological polar surface area (TPSA) is 24.4 Å². The second-order valence-electron chi connectivity index (χ2n) is 2.31. The van der Waals surface area contributed by atoms with Crippen LogP contribution in [0.25, 0.3) is 0 Å². The van der Waals surface area contributed by atoms with Gasteiger partial charge in [0.1, 0.15) is 0 Å². The van der Waals surface area contributed by atoms with E-state index in [4.69, 9.17) is 0 Å². The Bertz CT molecular complexity index is 97.6. The van der Waals surface area contributed by atoms with Crippen LogP contribution in [0.1, 0.15) is 6.92 Å². The van der Waals surface area contributed by atoms with Crippen molar-refractivity contribution in [2.75, 3.05) is 19.9 Å². The van der Waals surface area contributed by atoms with Crippen LogP contribution in [-0.4, -0.2) is 26.2 Å². The van der Waals surface area contributed by atoms with Crippen molar-refractivity contribution in [2.24, 2.45) is 4.76 Å². The molecule has 9 heavy (non-hydrogen) atoms. The first kappa shape index (κ1) is 9.25. The Morgan fingerprint density at radius 2 is 2.22 bits per heavy atom. The van der Waals surface area contributed by atoms with E-state index < -0.39 is 6.62 Å². The van der Waals surface area contributed by atoms with E-state index in [-0.39, 0.29) is 0 Å². The van der Waals surface area contributed by atoms with Gasteiger partial charge in [0.25, 0.3) is 0 Å². The molecule has 0 aromatic heterocycles. The van der Waals surface area contributed by atoms with Crippen LogP contribution in [0, 0.1) is 0 Å². The average molecular weight is 166 g/mol. The van der Waals surface area contributed by atoms with Crippen LogP contribution < -0.4 is 5.32 Å². The first-order valence-corrected chi connectivity index (χ1v) is 7.29. The summed E-state index contributed by atoms with van der Waals surface area (Å²) in [5.74, 6) is 0. The van der Waals surface area contributed by atoms with Crippen LogP contribution in [0.4, 0.5) is 0 Å². The second-order valence-corrected chi connectivity index (χ2v) is 8.84. The summed E-state index contributed by atoms with van der Waals surface area (Å²) in [5, 5.41) is 3.00. The SMILES string of the molecule is CCN/C=N/[PH](C)(C)S. The Hall–Kier alpha value is 0.250. The third kappa shape index (κ3) is 8.25. The van der Waals surface area contributed by atoms with Crippen molar-refractivity contribution in [3.8, 4) is 0 Å². The van der Waals surface area contributed by atoms with Crippen LogP contribution >= 0.6 is 18.9 Å². The zero-order valence-corrected chi connectivity index (χ0v) is 8.07. The quantitative estimate of drug-likeness (QED) is 0.281. The van der Waals surface area contributed by atoms with Crippen LogP contribution in [-0.2, 0) is 0 Å². The molecule has 0 amide bonds. The molecule has 0 atom stereocenters. The van der Waals surface area contributed by atoms with Crippen molar-refractivity contribution in [2.45, 2.75) is 6.92 Å². The fourth-order valence-corrected chi connectivity index (χ4v) is 0.875. The van der Waals surface area contributed by atoms with Gasteiger partial charge in [0.15, 0.2) is 0 Å². The number of hydrogen-bond donors (Lipinski definition) is 2. The van der Waals surface area contributed by atoms with Crippen molar-refractivity contribution < 1.29 is 0 Å². The number of rotatable bonds is 3. The molecule has 0 saturated heterocycles. The van der Waals surface area contributed by atoms with Crippen molar-refractivity contribution in [3.05, 3.63) is 0 Å². The normalized spacial score (nSPS) is 14.2. The molecule has 1 N–H and O–H groups in total. The molecule has 0 rings (SSSR count). The Morgan fingerprint density at radius 1 is 1.67 bits per heavy atom. The minimum atomic E-state index is -1.49. The van der Waals surface area contributed by atoms with Gasteiger partial charge < -0.3 is 0 Å². The van der Waals surface area contributed by atoms with E-state index in [1.54, 1.807) is 6.34 Å². The summed E-state index contributed by atoms with van der Waals surface area (Å²) in [7, 11) is 0. The van der Waals surface area contributed by atoms with Gasteiger partial charge in [-0.15, -0.1) is 0 Å². The molecule has 2 nitrogen and oxygen atoms in total. The molecule has 0 aliphatic heterocycles. The van der Waals surface area contributed by atoms with Gasteiger partial charge in [-0.1, -0.05) is 0 Å². The Morgan fingerprint density at radius 3 is 2.56 bits per heavy atom. The number of hydrogen-bond acceptors (Lipinski definition) is 2. The fraction of sp³-hybridized carbons (Fsp3) is 0.800. The molecular weight excluding hydrogens is 151 g/mol. The van der Waals surface area contributed by atoms with E-state index in [1.165, 1.54) is 0 Å². The van der Waals surface area contributed by atoms with Crippen LogP contribution in [0.2, 0.25) is 0 Å². The van der Waals surface area contributed by atoms with E-state index in [1.807, 2.05) is 6.92 Å². The van der Waals surface area contributed by atoms with Crippen molar-refractivity contribution >= 4 is 25.2 Å². The number of thiol groups is 1. The standard InChI is InChI=1S/C5H15N2PS/c1-4-6-5-7-8(2,3)9/h5,8-9H,4H2,1-3H3,(H,6,7). The van der Waals surface area contributed by atoms with Crippen molar-refractivity contribution in [3.63, 3.8) is 0 Å².